The molecule has 0 bridgehead atoms. The fourth-order valence-electron chi connectivity index (χ4n) is 2.66. The molecule has 27 heavy (non-hydrogen) atoms. The zero-order valence-corrected chi connectivity index (χ0v) is 14.8. The lowest BCUT2D eigenvalue weighted by Gasteiger charge is -2.22. The molecule has 3 rings (SSSR count). The molecule has 0 aliphatic rings. The summed E-state index contributed by atoms with van der Waals surface area (Å²) in [5, 5.41) is 2.59. The lowest BCUT2D eigenvalue weighted by molar-refractivity contribution is -0.134. The first-order valence-corrected chi connectivity index (χ1v) is 8.38. The fraction of sp³-hybridized carbons (Fsp3) is 0.0476. The van der Waals surface area contributed by atoms with Gasteiger partial charge in [-0.25, -0.2) is 0 Å². The molecule has 136 valence electrons. The van der Waals surface area contributed by atoms with Crippen molar-refractivity contribution in [3.63, 3.8) is 0 Å². The topological polar surface area (TPSA) is 101 Å². The lowest BCUT2D eigenvalue weighted by atomic mass is 10.2. The Hall–Kier alpha value is -3.80. The van der Waals surface area contributed by atoms with Crippen LogP contribution in [0, 0.1) is 6.92 Å². The molecule has 0 aliphatic carbocycles. The third-order valence-corrected chi connectivity index (χ3v) is 4.02. The highest BCUT2D eigenvalue weighted by Gasteiger charge is 2.25. The van der Waals surface area contributed by atoms with Crippen LogP contribution in [0.25, 0.3) is 0 Å². The minimum absolute atomic E-state index is 0.393. The quantitative estimate of drug-likeness (QED) is 0.492. The van der Waals surface area contributed by atoms with E-state index in [4.69, 9.17) is 11.5 Å². The molecule has 2 amide bonds. The van der Waals surface area contributed by atoms with E-state index in [1.165, 1.54) is 4.90 Å². The number of hydrogen-bond donors (Lipinski definition) is 3. The Morgan fingerprint density at radius 2 is 1.48 bits per heavy atom. The summed E-state index contributed by atoms with van der Waals surface area (Å²) in [6.45, 7) is 1.89. The Kier molecular flexibility index (Phi) is 5.08. The number of nitrogens with one attached hydrogen (secondary N) is 1. The van der Waals surface area contributed by atoms with Gasteiger partial charge in [-0.3, -0.25) is 14.5 Å². The highest BCUT2D eigenvalue weighted by Crippen LogP contribution is 2.27. The van der Waals surface area contributed by atoms with Crippen molar-refractivity contribution in [2.75, 3.05) is 21.7 Å². The van der Waals surface area contributed by atoms with Gasteiger partial charge < -0.3 is 16.8 Å². The standard InChI is InChI=1S/C21H20N4O2/c1-14-7-12-19(18(23)13-14)24-20(26)21(27)25(16-5-3-2-4-6-16)17-10-8-15(22)9-11-17/h2-13H,22-23H2,1H3,(H,24,26). The summed E-state index contributed by atoms with van der Waals surface area (Å²) in [6.07, 6.45) is 0. The fourth-order valence-corrected chi connectivity index (χ4v) is 2.66. The first-order valence-electron chi connectivity index (χ1n) is 8.38. The van der Waals surface area contributed by atoms with Crippen LogP contribution in [-0.4, -0.2) is 11.8 Å². The van der Waals surface area contributed by atoms with Gasteiger partial charge in [0.25, 0.3) is 0 Å². The summed E-state index contributed by atoms with van der Waals surface area (Å²) < 4.78 is 0. The van der Waals surface area contributed by atoms with Crippen LogP contribution in [0.1, 0.15) is 5.56 Å². The number of rotatable bonds is 3. The van der Waals surface area contributed by atoms with Crippen molar-refractivity contribution in [2.24, 2.45) is 0 Å². The van der Waals surface area contributed by atoms with E-state index in [0.29, 0.717) is 28.4 Å². The van der Waals surface area contributed by atoms with E-state index < -0.39 is 11.8 Å². The van der Waals surface area contributed by atoms with Crippen LogP contribution in [0.2, 0.25) is 0 Å². The van der Waals surface area contributed by atoms with Crippen molar-refractivity contribution < 1.29 is 9.59 Å². The summed E-state index contributed by atoms with van der Waals surface area (Å²) in [5.41, 5.74) is 15.1. The van der Waals surface area contributed by atoms with Gasteiger partial charge in [0.1, 0.15) is 0 Å². The maximum atomic E-state index is 13.0. The highest BCUT2D eigenvalue weighted by molar-refractivity contribution is 6.46. The average Bonchev–Trinajstić information content (AvgIpc) is 2.66. The second-order valence-corrected chi connectivity index (χ2v) is 6.11. The van der Waals surface area contributed by atoms with Crippen molar-refractivity contribution in [3.05, 3.63) is 78.4 Å². The molecular formula is C21H20N4O2. The zero-order valence-electron chi connectivity index (χ0n) is 14.8. The van der Waals surface area contributed by atoms with Gasteiger partial charge in [0, 0.05) is 17.1 Å². The number of nitrogens with zero attached hydrogens (tertiary/aromatic N) is 1. The number of nitrogens with two attached hydrogens (primary N) is 2. The minimum atomic E-state index is -0.786. The second kappa shape index (κ2) is 7.61. The molecule has 5 N–H and O–H groups in total. The van der Waals surface area contributed by atoms with E-state index in [1.807, 2.05) is 19.1 Å². The Bertz CT molecular complexity index is 969. The maximum Gasteiger partial charge on any atom is 0.321 e. The van der Waals surface area contributed by atoms with Gasteiger partial charge in [0.2, 0.25) is 0 Å². The molecule has 0 saturated carbocycles. The predicted molar refractivity (Wildman–Crippen MR) is 109 cm³/mol. The van der Waals surface area contributed by atoms with Crippen LogP contribution in [0.15, 0.2) is 72.8 Å². The molecule has 0 aromatic heterocycles. The smallest absolute Gasteiger partial charge is 0.321 e. The zero-order chi connectivity index (χ0) is 19.4. The second-order valence-electron chi connectivity index (χ2n) is 6.11. The molecular weight excluding hydrogens is 340 g/mol. The summed E-state index contributed by atoms with van der Waals surface area (Å²) in [5.74, 6) is -1.52. The van der Waals surface area contributed by atoms with Gasteiger partial charge in [-0.15, -0.1) is 0 Å². The van der Waals surface area contributed by atoms with Gasteiger partial charge >= 0.3 is 11.8 Å². The van der Waals surface area contributed by atoms with Gasteiger partial charge in [-0.05, 0) is 61.0 Å². The molecule has 0 radical (unpaired) electrons. The lowest BCUT2D eigenvalue weighted by Crippen LogP contribution is -2.36. The van der Waals surface area contributed by atoms with Crippen LogP contribution in [0.3, 0.4) is 0 Å². The Morgan fingerprint density at radius 3 is 2.11 bits per heavy atom. The number of hydrogen-bond acceptors (Lipinski definition) is 4. The number of anilines is 5. The highest BCUT2D eigenvalue weighted by atomic mass is 16.2. The number of benzene rings is 3. The third-order valence-electron chi connectivity index (χ3n) is 4.02. The number of carbonyl (C=O) groups is 2. The Labute approximate surface area is 157 Å². The molecule has 6 heteroatoms. The van der Waals surface area contributed by atoms with Crippen LogP contribution in [-0.2, 0) is 9.59 Å². The largest absolute Gasteiger partial charge is 0.399 e. The van der Waals surface area contributed by atoms with Crippen LogP contribution in [0.5, 0.6) is 0 Å². The molecule has 3 aromatic carbocycles. The van der Waals surface area contributed by atoms with E-state index in [2.05, 4.69) is 5.32 Å². The summed E-state index contributed by atoms with van der Waals surface area (Å²) in [7, 11) is 0. The summed E-state index contributed by atoms with van der Waals surface area (Å²) in [4.78, 5) is 26.9. The van der Waals surface area contributed by atoms with Gasteiger partial charge in [-0.2, -0.15) is 0 Å². The van der Waals surface area contributed by atoms with E-state index >= 15 is 0 Å². The molecule has 0 saturated heterocycles. The van der Waals surface area contributed by atoms with Gasteiger partial charge in [0.15, 0.2) is 0 Å². The van der Waals surface area contributed by atoms with Gasteiger partial charge in [-0.1, -0.05) is 24.3 Å². The molecule has 0 aliphatic heterocycles. The van der Waals surface area contributed by atoms with Crippen molar-refractivity contribution in [2.45, 2.75) is 6.92 Å². The molecule has 0 unspecified atom stereocenters. The monoisotopic (exact) mass is 360 g/mol. The number of nitrogen functional groups attached to an aromatic ring is 2. The average molecular weight is 360 g/mol. The van der Waals surface area contributed by atoms with E-state index in [1.54, 1.807) is 60.7 Å². The minimum Gasteiger partial charge on any atom is -0.399 e. The Balaban J connectivity index is 1.92. The molecule has 0 spiro atoms. The van der Waals surface area contributed by atoms with Crippen LogP contribution >= 0.6 is 0 Å². The van der Waals surface area contributed by atoms with Crippen LogP contribution in [0.4, 0.5) is 28.4 Å². The molecule has 0 atom stereocenters. The number of para-hydroxylation sites is 1. The predicted octanol–water partition coefficient (Wildman–Crippen LogP) is 3.46. The van der Waals surface area contributed by atoms with E-state index in [9.17, 15) is 9.59 Å². The van der Waals surface area contributed by atoms with E-state index in [0.717, 1.165) is 5.56 Å². The van der Waals surface area contributed by atoms with Crippen molar-refractivity contribution >= 4 is 40.3 Å². The normalized spacial score (nSPS) is 10.3. The molecule has 3 aromatic rings. The van der Waals surface area contributed by atoms with E-state index in [-0.39, 0.29) is 0 Å². The van der Waals surface area contributed by atoms with Crippen LogP contribution < -0.4 is 21.7 Å². The molecule has 6 nitrogen and oxygen atoms in total. The summed E-state index contributed by atoms with van der Waals surface area (Å²) >= 11 is 0. The SMILES string of the molecule is Cc1ccc(NC(=O)C(=O)N(c2ccccc2)c2ccc(N)cc2)c(N)c1. The Morgan fingerprint density at radius 1 is 0.852 bits per heavy atom. The maximum absolute atomic E-state index is 13.0. The first-order chi connectivity index (χ1) is 13.0. The molecule has 0 fully saturated rings. The molecule has 0 heterocycles. The van der Waals surface area contributed by atoms with Crippen molar-refractivity contribution in [3.8, 4) is 0 Å². The van der Waals surface area contributed by atoms with Gasteiger partial charge in [0.05, 0.1) is 11.4 Å². The van der Waals surface area contributed by atoms with Crippen molar-refractivity contribution in [1.29, 1.82) is 0 Å². The third kappa shape index (κ3) is 4.07. The van der Waals surface area contributed by atoms with Crippen molar-refractivity contribution in [1.82, 2.24) is 0 Å². The summed E-state index contributed by atoms with van der Waals surface area (Å²) in [6, 6.07) is 20.9. The number of carbonyl (C=O) groups excluding carboxylic acids is 2. The first kappa shape index (κ1) is 18.0. The number of amides is 2. The number of aryl methyl sites for hydroxylation is 1.